The molecule has 1 atom stereocenters. The number of amides is 2. The van der Waals surface area contributed by atoms with Crippen LogP contribution in [0.4, 0.5) is 4.79 Å². The lowest BCUT2D eigenvalue weighted by atomic mass is 10.4. The van der Waals surface area contributed by atoms with Crippen molar-refractivity contribution in [1.82, 2.24) is 5.06 Å². The average molecular weight is 128 g/mol. The summed E-state index contributed by atoms with van der Waals surface area (Å²) < 4.78 is 0. The molecule has 0 saturated carbocycles. The van der Waals surface area contributed by atoms with Crippen LogP contribution < -0.4 is 5.73 Å². The highest BCUT2D eigenvalue weighted by Gasteiger charge is 2.10. The van der Waals surface area contributed by atoms with E-state index >= 15 is 0 Å². The lowest BCUT2D eigenvalue weighted by Crippen LogP contribution is -2.38. The maximum absolute atomic E-state index is 10.1. The molecule has 0 saturated heterocycles. The van der Waals surface area contributed by atoms with E-state index in [1.165, 1.54) is 6.92 Å². The van der Waals surface area contributed by atoms with Crippen molar-refractivity contribution in [3.05, 3.63) is 0 Å². The molecule has 9 heavy (non-hydrogen) atoms. The Balaban J connectivity index is 3.91. The van der Waals surface area contributed by atoms with Gasteiger partial charge in [0.2, 0.25) is 0 Å². The van der Waals surface area contributed by atoms with Crippen LogP contribution in [0.2, 0.25) is 0 Å². The lowest BCUT2D eigenvalue weighted by Gasteiger charge is -2.13. The molecule has 4 nitrogen and oxygen atoms in total. The van der Waals surface area contributed by atoms with Crippen molar-refractivity contribution in [3.8, 4) is 12.3 Å². The molecule has 0 fully saturated rings. The molecule has 0 rings (SSSR count). The Morgan fingerprint density at radius 2 is 2.44 bits per heavy atom. The van der Waals surface area contributed by atoms with Gasteiger partial charge in [-0.05, 0) is 6.92 Å². The fraction of sp³-hybridized carbons (Fsp3) is 0.400. The van der Waals surface area contributed by atoms with Gasteiger partial charge in [-0.1, -0.05) is 5.92 Å². The third kappa shape index (κ3) is 2.02. The van der Waals surface area contributed by atoms with E-state index in [0.29, 0.717) is 5.06 Å². The van der Waals surface area contributed by atoms with E-state index in [-0.39, 0.29) is 0 Å². The second-order valence-corrected chi connectivity index (χ2v) is 1.53. The molecule has 0 aromatic carbocycles. The lowest BCUT2D eigenvalue weighted by molar-refractivity contribution is -0.0536. The van der Waals surface area contributed by atoms with Crippen LogP contribution in [0.25, 0.3) is 0 Å². The first-order chi connectivity index (χ1) is 4.09. The zero-order valence-corrected chi connectivity index (χ0v) is 5.03. The van der Waals surface area contributed by atoms with Crippen molar-refractivity contribution < 1.29 is 10.0 Å². The number of carbonyl (C=O) groups excluding carboxylic acids is 1. The van der Waals surface area contributed by atoms with Crippen LogP contribution in [-0.2, 0) is 0 Å². The Labute approximate surface area is 53.2 Å². The van der Waals surface area contributed by atoms with E-state index in [1.807, 2.05) is 0 Å². The van der Waals surface area contributed by atoms with Crippen molar-refractivity contribution in [1.29, 1.82) is 0 Å². The molecular formula is C5H8N2O2. The number of nitrogens with zero attached hydrogens (tertiary/aromatic N) is 1. The Kier molecular flexibility index (Phi) is 2.55. The molecule has 0 unspecified atom stereocenters. The number of terminal acetylenes is 1. The zero-order valence-electron chi connectivity index (χ0n) is 5.03. The fourth-order valence-corrected chi connectivity index (χ4v) is 0.261. The van der Waals surface area contributed by atoms with Crippen LogP contribution >= 0.6 is 0 Å². The predicted octanol–water partition coefficient (Wildman–Crippen LogP) is -0.222. The van der Waals surface area contributed by atoms with Gasteiger partial charge in [0.25, 0.3) is 0 Å². The number of hydroxylamine groups is 2. The minimum absolute atomic E-state index is 0.292. The SMILES string of the molecule is C#C[C@H](C)N(O)C(N)=O. The van der Waals surface area contributed by atoms with Crippen LogP contribution in [0.5, 0.6) is 0 Å². The van der Waals surface area contributed by atoms with E-state index in [1.54, 1.807) is 0 Å². The number of carbonyl (C=O) groups is 1. The highest BCUT2D eigenvalue weighted by atomic mass is 16.5. The third-order valence-corrected chi connectivity index (χ3v) is 0.834. The monoisotopic (exact) mass is 128 g/mol. The standard InChI is InChI=1S/C5H8N2O2/c1-3-4(2)7(9)5(6)8/h1,4,9H,2H3,(H2,6,8)/t4-/m0/s1. The summed E-state index contributed by atoms with van der Waals surface area (Å²) in [7, 11) is 0. The molecule has 0 aliphatic rings. The molecular weight excluding hydrogens is 120 g/mol. The number of hydrogen-bond acceptors (Lipinski definition) is 2. The summed E-state index contributed by atoms with van der Waals surface area (Å²) in [6.07, 6.45) is 4.85. The number of hydrogen-bond donors (Lipinski definition) is 2. The van der Waals surface area contributed by atoms with Crippen molar-refractivity contribution in [2.75, 3.05) is 0 Å². The molecule has 0 aliphatic heterocycles. The van der Waals surface area contributed by atoms with E-state index in [2.05, 4.69) is 11.7 Å². The Bertz CT molecular complexity index is 150. The highest BCUT2D eigenvalue weighted by Crippen LogP contribution is 1.89. The van der Waals surface area contributed by atoms with Gasteiger partial charge < -0.3 is 5.73 Å². The van der Waals surface area contributed by atoms with Crippen molar-refractivity contribution >= 4 is 6.03 Å². The van der Waals surface area contributed by atoms with Gasteiger partial charge in [-0.15, -0.1) is 6.42 Å². The molecule has 0 aromatic rings. The first kappa shape index (κ1) is 7.79. The summed E-state index contributed by atoms with van der Waals surface area (Å²) in [5.74, 6) is 2.12. The summed E-state index contributed by atoms with van der Waals surface area (Å²) in [4.78, 5) is 10.1. The molecule has 0 bridgehead atoms. The molecule has 0 heterocycles. The molecule has 0 radical (unpaired) electrons. The van der Waals surface area contributed by atoms with Crippen LogP contribution in [-0.4, -0.2) is 22.3 Å². The van der Waals surface area contributed by atoms with Crippen LogP contribution in [0.3, 0.4) is 0 Å². The molecule has 0 aromatic heterocycles. The molecule has 0 spiro atoms. The summed E-state index contributed by atoms with van der Waals surface area (Å²) in [5, 5.41) is 8.90. The largest absolute Gasteiger partial charge is 0.350 e. The van der Waals surface area contributed by atoms with Crippen LogP contribution in [0, 0.1) is 12.3 Å². The maximum atomic E-state index is 10.1. The topological polar surface area (TPSA) is 66.6 Å². The van der Waals surface area contributed by atoms with Gasteiger partial charge in [-0.3, -0.25) is 5.21 Å². The van der Waals surface area contributed by atoms with Gasteiger partial charge >= 0.3 is 6.03 Å². The predicted molar refractivity (Wildman–Crippen MR) is 31.5 cm³/mol. The normalized spacial score (nSPS) is 11.7. The second kappa shape index (κ2) is 2.95. The van der Waals surface area contributed by atoms with E-state index in [9.17, 15) is 4.79 Å². The van der Waals surface area contributed by atoms with Crippen LogP contribution in [0.1, 0.15) is 6.92 Å². The molecule has 4 heteroatoms. The Morgan fingerprint density at radius 3 is 2.56 bits per heavy atom. The minimum Gasteiger partial charge on any atom is -0.350 e. The molecule has 0 aliphatic carbocycles. The van der Waals surface area contributed by atoms with E-state index in [0.717, 1.165) is 0 Å². The molecule has 50 valence electrons. The number of urea groups is 1. The van der Waals surface area contributed by atoms with Gasteiger partial charge in [0.15, 0.2) is 0 Å². The van der Waals surface area contributed by atoms with E-state index in [4.69, 9.17) is 11.6 Å². The van der Waals surface area contributed by atoms with Crippen molar-refractivity contribution in [2.24, 2.45) is 5.73 Å². The maximum Gasteiger partial charge on any atom is 0.339 e. The third-order valence-electron chi connectivity index (χ3n) is 0.834. The first-order valence-corrected chi connectivity index (χ1v) is 2.33. The van der Waals surface area contributed by atoms with Crippen molar-refractivity contribution in [3.63, 3.8) is 0 Å². The smallest absolute Gasteiger partial charge is 0.339 e. The number of primary amides is 1. The minimum atomic E-state index is -0.944. The Hall–Kier alpha value is -1.21. The van der Waals surface area contributed by atoms with Crippen LogP contribution in [0.15, 0.2) is 0 Å². The number of rotatable bonds is 1. The fourth-order valence-electron chi connectivity index (χ4n) is 0.261. The van der Waals surface area contributed by atoms with Gasteiger partial charge in [0, 0.05) is 0 Å². The molecule has 3 N–H and O–H groups in total. The zero-order chi connectivity index (χ0) is 7.44. The van der Waals surface area contributed by atoms with Gasteiger partial charge in [0.05, 0.1) is 0 Å². The van der Waals surface area contributed by atoms with E-state index < -0.39 is 12.1 Å². The van der Waals surface area contributed by atoms with Gasteiger partial charge in [0.1, 0.15) is 6.04 Å². The highest BCUT2D eigenvalue weighted by molar-refractivity contribution is 5.71. The average Bonchev–Trinajstić information content (AvgIpc) is 1.84. The van der Waals surface area contributed by atoms with Gasteiger partial charge in [-0.25, -0.2) is 4.79 Å². The summed E-state index contributed by atoms with van der Waals surface area (Å²) in [6.45, 7) is 1.48. The Morgan fingerprint density at radius 1 is 2.00 bits per heavy atom. The first-order valence-electron chi connectivity index (χ1n) is 2.33. The quantitative estimate of drug-likeness (QED) is 0.291. The van der Waals surface area contributed by atoms with Crippen molar-refractivity contribution in [2.45, 2.75) is 13.0 Å². The molecule has 2 amide bonds. The number of nitrogens with two attached hydrogens (primary N) is 1. The summed E-state index contributed by atoms with van der Waals surface area (Å²) in [6, 6.07) is -1.61. The summed E-state index contributed by atoms with van der Waals surface area (Å²) >= 11 is 0. The second-order valence-electron chi connectivity index (χ2n) is 1.53. The van der Waals surface area contributed by atoms with Gasteiger partial charge in [-0.2, -0.15) is 5.06 Å². The summed E-state index contributed by atoms with van der Waals surface area (Å²) in [5.41, 5.74) is 4.65.